The first-order valence-corrected chi connectivity index (χ1v) is 11.7. The fourth-order valence-corrected chi connectivity index (χ4v) is 4.05. The number of nitrogens with one attached hydrogen (secondary N) is 1. The molecule has 1 saturated heterocycles. The van der Waals surface area contributed by atoms with Crippen molar-refractivity contribution in [2.45, 2.75) is 20.3 Å². The standard InChI is InChI=1S/C28H31N3O3/c1-3-22-8-10-23(11-9-22)28(33)31-18-16-30(17-19-31)25-14-12-24(13-15-25)29-27(32)20-34-26-7-5-4-6-21(26)2/h4-15H,3,16-20H2,1-2H3,(H,29,32). The van der Waals surface area contributed by atoms with Crippen LogP contribution in [0.15, 0.2) is 72.8 Å². The van der Waals surface area contributed by atoms with Gasteiger partial charge < -0.3 is 19.9 Å². The molecule has 0 saturated carbocycles. The van der Waals surface area contributed by atoms with Crippen LogP contribution in [0.3, 0.4) is 0 Å². The van der Waals surface area contributed by atoms with Gasteiger partial charge in [-0.25, -0.2) is 0 Å². The highest BCUT2D eigenvalue weighted by molar-refractivity contribution is 5.94. The highest BCUT2D eigenvalue weighted by Gasteiger charge is 2.22. The normalized spacial score (nSPS) is 13.5. The Morgan fingerprint density at radius 3 is 2.21 bits per heavy atom. The van der Waals surface area contributed by atoms with Crippen molar-refractivity contribution in [3.05, 3.63) is 89.5 Å². The van der Waals surface area contributed by atoms with Gasteiger partial charge in [0.05, 0.1) is 0 Å². The van der Waals surface area contributed by atoms with Crippen LogP contribution >= 0.6 is 0 Å². The number of hydrogen-bond acceptors (Lipinski definition) is 4. The van der Waals surface area contributed by atoms with Crippen molar-refractivity contribution in [3.8, 4) is 5.75 Å². The van der Waals surface area contributed by atoms with E-state index in [0.717, 1.165) is 42.0 Å². The Morgan fingerprint density at radius 2 is 1.56 bits per heavy atom. The summed E-state index contributed by atoms with van der Waals surface area (Å²) in [6, 6.07) is 23.3. The van der Waals surface area contributed by atoms with E-state index in [4.69, 9.17) is 4.74 Å². The van der Waals surface area contributed by atoms with Gasteiger partial charge in [-0.05, 0) is 66.9 Å². The van der Waals surface area contributed by atoms with Crippen molar-refractivity contribution >= 4 is 23.2 Å². The first-order valence-electron chi connectivity index (χ1n) is 11.7. The summed E-state index contributed by atoms with van der Waals surface area (Å²) in [5, 5.41) is 2.87. The molecule has 0 bridgehead atoms. The average Bonchev–Trinajstić information content (AvgIpc) is 2.88. The number of carbonyl (C=O) groups is 2. The zero-order valence-corrected chi connectivity index (χ0v) is 19.8. The molecule has 0 aliphatic carbocycles. The smallest absolute Gasteiger partial charge is 0.262 e. The molecular weight excluding hydrogens is 426 g/mol. The van der Waals surface area contributed by atoms with Crippen molar-refractivity contribution in [2.24, 2.45) is 0 Å². The van der Waals surface area contributed by atoms with Gasteiger partial charge in [0, 0.05) is 43.1 Å². The number of carbonyl (C=O) groups excluding carboxylic acids is 2. The summed E-state index contributed by atoms with van der Waals surface area (Å²) >= 11 is 0. The van der Waals surface area contributed by atoms with Gasteiger partial charge in [-0.1, -0.05) is 37.3 Å². The van der Waals surface area contributed by atoms with E-state index >= 15 is 0 Å². The Kier molecular flexibility index (Phi) is 7.48. The molecule has 0 aromatic heterocycles. The minimum atomic E-state index is -0.199. The molecule has 6 heteroatoms. The molecule has 3 aromatic rings. The molecule has 6 nitrogen and oxygen atoms in total. The van der Waals surface area contributed by atoms with E-state index in [1.54, 1.807) is 0 Å². The highest BCUT2D eigenvalue weighted by Crippen LogP contribution is 2.21. The molecular formula is C28H31N3O3. The summed E-state index contributed by atoms with van der Waals surface area (Å²) < 4.78 is 5.61. The summed E-state index contributed by atoms with van der Waals surface area (Å²) in [6.07, 6.45) is 0.969. The largest absolute Gasteiger partial charge is 0.483 e. The lowest BCUT2D eigenvalue weighted by atomic mass is 10.1. The SMILES string of the molecule is CCc1ccc(C(=O)N2CCN(c3ccc(NC(=O)COc4ccccc4C)cc3)CC2)cc1. The number of aryl methyl sites for hydroxylation is 2. The quantitative estimate of drug-likeness (QED) is 0.566. The van der Waals surface area contributed by atoms with E-state index in [2.05, 4.69) is 17.1 Å². The lowest BCUT2D eigenvalue weighted by Gasteiger charge is -2.36. The summed E-state index contributed by atoms with van der Waals surface area (Å²) in [4.78, 5) is 29.2. The maximum atomic E-state index is 12.8. The maximum Gasteiger partial charge on any atom is 0.262 e. The van der Waals surface area contributed by atoms with E-state index in [1.165, 1.54) is 5.56 Å². The molecule has 0 radical (unpaired) electrons. The number of benzene rings is 3. The third-order valence-electron chi connectivity index (χ3n) is 6.14. The first kappa shape index (κ1) is 23.4. The minimum Gasteiger partial charge on any atom is -0.483 e. The number of nitrogens with zero attached hydrogens (tertiary/aromatic N) is 2. The Morgan fingerprint density at radius 1 is 0.882 bits per heavy atom. The third-order valence-corrected chi connectivity index (χ3v) is 6.14. The number of ether oxygens (including phenoxy) is 1. The maximum absolute atomic E-state index is 12.8. The number of anilines is 2. The molecule has 1 heterocycles. The predicted molar refractivity (Wildman–Crippen MR) is 136 cm³/mol. The molecule has 4 rings (SSSR count). The zero-order valence-electron chi connectivity index (χ0n) is 19.8. The Bertz CT molecular complexity index is 1120. The molecule has 1 aliphatic heterocycles. The van der Waals surface area contributed by atoms with Gasteiger partial charge in [-0.3, -0.25) is 9.59 Å². The van der Waals surface area contributed by atoms with E-state index in [1.807, 2.05) is 84.6 Å². The van der Waals surface area contributed by atoms with Crippen molar-refractivity contribution in [1.82, 2.24) is 4.90 Å². The fourth-order valence-electron chi connectivity index (χ4n) is 4.05. The van der Waals surface area contributed by atoms with Crippen LogP contribution in [0.5, 0.6) is 5.75 Å². The van der Waals surface area contributed by atoms with Crippen LogP contribution in [0.1, 0.15) is 28.4 Å². The Hall–Kier alpha value is -3.80. The van der Waals surface area contributed by atoms with Gasteiger partial charge in [0.1, 0.15) is 5.75 Å². The lowest BCUT2D eigenvalue weighted by molar-refractivity contribution is -0.118. The fraction of sp³-hybridized carbons (Fsp3) is 0.286. The van der Waals surface area contributed by atoms with E-state index in [-0.39, 0.29) is 18.4 Å². The third kappa shape index (κ3) is 5.76. The van der Waals surface area contributed by atoms with Gasteiger partial charge >= 0.3 is 0 Å². The lowest BCUT2D eigenvalue weighted by Crippen LogP contribution is -2.48. The number of para-hydroxylation sites is 1. The van der Waals surface area contributed by atoms with Gasteiger partial charge in [-0.2, -0.15) is 0 Å². The van der Waals surface area contributed by atoms with E-state index in [0.29, 0.717) is 18.8 Å². The van der Waals surface area contributed by atoms with Crippen LogP contribution < -0.4 is 15.0 Å². The highest BCUT2D eigenvalue weighted by atomic mass is 16.5. The molecule has 3 aromatic carbocycles. The van der Waals surface area contributed by atoms with Crippen molar-refractivity contribution < 1.29 is 14.3 Å². The second kappa shape index (κ2) is 10.9. The zero-order chi connectivity index (χ0) is 23.9. The molecule has 1 fully saturated rings. The van der Waals surface area contributed by atoms with Gasteiger partial charge in [0.25, 0.3) is 11.8 Å². The van der Waals surface area contributed by atoms with Gasteiger partial charge in [-0.15, -0.1) is 0 Å². The van der Waals surface area contributed by atoms with Crippen LogP contribution in [-0.4, -0.2) is 49.5 Å². The summed E-state index contributed by atoms with van der Waals surface area (Å²) in [7, 11) is 0. The molecule has 1 aliphatic rings. The average molecular weight is 458 g/mol. The number of piperazine rings is 1. The topological polar surface area (TPSA) is 61.9 Å². The molecule has 34 heavy (non-hydrogen) atoms. The summed E-state index contributed by atoms with van der Waals surface area (Å²) in [5.41, 5.74) is 4.79. The van der Waals surface area contributed by atoms with Crippen molar-refractivity contribution in [2.75, 3.05) is 43.0 Å². The molecule has 2 amide bonds. The van der Waals surface area contributed by atoms with Crippen LogP contribution in [0.2, 0.25) is 0 Å². The Balaban J connectivity index is 1.26. The molecule has 176 valence electrons. The van der Waals surface area contributed by atoms with Crippen LogP contribution in [0.4, 0.5) is 11.4 Å². The van der Waals surface area contributed by atoms with Gasteiger partial charge in [0.15, 0.2) is 6.61 Å². The molecule has 0 spiro atoms. The first-order chi connectivity index (χ1) is 16.5. The van der Waals surface area contributed by atoms with Crippen molar-refractivity contribution in [3.63, 3.8) is 0 Å². The summed E-state index contributed by atoms with van der Waals surface area (Å²) in [6.45, 7) is 6.93. The molecule has 0 atom stereocenters. The van der Waals surface area contributed by atoms with E-state index in [9.17, 15) is 9.59 Å². The van der Waals surface area contributed by atoms with Crippen LogP contribution in [0.25, 0.3) is 0 Å². The minimum absolute atomic E-state index is 0.0379. The Labute approximate surface area is 201 Å². The second-order valence-corrected chi connectivity index (χ2v) is 8.48. The summed E-state index contributed by atoms with van der Waals surface area (Å²) in [5.74, 6) is 0.604. The second-order valence-electron chi connectivity index (χ2n) is 8.48. The molecule has 1 N–H and O–H groups in total. The van der Waals surface area contributed by atoms with Crippen LogP contribution in [-0.2, 0) is 11.2 Å². The van der Waals surface area contributed by atoms with Crippen LogP contribution in [0, 0.1) is 6.92 Å². The molecule has 0 unspecified atom stereocenters. The number of rotatable bonds is 7. The predicted octanol–water partition coefficient (Wildman–Crippen LogP) is 4.54. The van der Waals surface area contributed by atoms with E-state index < -0.39 is 0 Å². The number of hydrogen-bond donors (Lipinski definition) is 1. The van der Waals surface area contributed by atoms with Gasteiger partial charge in [0.2, 0.25) is 0 Å². The monoisotopic (exact) mass is 457 g/mol. The van der Waals surface area contributed by atoms with Crippen molar-refractivity contribution in [1.29, 1.82) is 0 Å². The number of amides is 2.